The predicted octanol–water partition coefficient (Wildman–Crippen LogP) is 3.64. The summed E-state index contributed by atoms with van der Waals surface area (Å²) in [5, 5.41) is 6.23. The van der Waals surface area contributed by atoms with Crippen LogP contribution >= 0.6 is 11.6 Å². The molecule has 3 rings (SSSR count). The number of carbonyl (C=O) groups is 2. The second kappa shape index (κ2) is 9.67. The zero-order valence-electron chi connectivity index (χ0n) is 15.2. The van der Waals surface area contributed by atoms with E-state index in [1.165, 1.54) is 12.3 Å². The summed E-state index contributed by atoms with van der Waals surface area (Å²) in [5.41, 5.74) is 2.54. The third-order valence-corrected chi connectivity index (χ3v) is 4.56. The summed E-state index contributed by atoms with van der Waals surface area (Å²) in [6, 6.07) is 20.3. The Hall–Kier alpha value is -3.18. The molecule has 2 amide bonds. The summed E-state index contributed by atoms with van der Waals surface area (Å²) in [6.45, 7) is 0.799. The zero-order chi connectivity index (χ0) is 19.8. The summed E-state index contributed by atoms with van der Waals surface area (Å²) >= 11 is 6.10. The summed E-state index contributed by atoms with van der Waals surface area (Å²) in [6.07, 6.45) is 2.18. The molecular weight excluding hydrogens is 374 g/mol. The number of nitrogens with one attached hydrogen (secondary N) is 2. The van der Waals surface area contributed by atoms with Crippen LogP contribution in [-0.4, -0.2) is 23.3 Å². The van der Waals surface area contributed by atoms with E-state index in [1.807, 2.05) is 48.5 Å². The normalized spacial score (nSPS) is 10.3. The number of hydrogen-bond donors (Lipinski definition) is 2. The molecule has 5 nitrogen and oxygen atoms in total. The van der Waals surface area contributed by atoms with Gasteiger partial charge in [-0.05, 0) is 35.7 Å². The quantitative estimate of drug-likeness (QED) is 0.643. The van der Waals surface area contributed by atoms with E-state index in [0.29, 0.717) is 23.7 Å². The summed E-state index contributed by atoms with van der Waals surface area (Å²) in [4.78, 5) is 28.8. The van der Waals surface area contributed by atoms with Gasteiger partial charge in [-0.15, -0.1) is 0 Å². The van der Waals surface area contributed by atoms with Gasteiger partial charge in [-0.3, -0.25) is 14.6 Å². The summed E-state index contributed by atoms with van der Waals surface area (Å²) < 4.78 is 0. The van der Waals surface area contributed by atoms with Crippen molar-refractivity contribution >= 4 is 23.4 Å². The van der Waals surface area contributed by atoms with Crippen molar-refractivity contribution in [3.8, 4) is 0 Å². The molecule has 28 heavy (non-hydrogen) atoms. The lowest BCUT2D eigenvalue weighted by Gasteiger charge is -2.08. The van der Waals surface area contributed by atoms with Gasteiger partial charge in [-0.2, -0.15) is 0 Å². The predicted molar refractivity (Wildman–Crippen MR) is 109 cm³/mol. The Balaban J connectivity index is 1.55. The van der Waals surface area contributed by atoms with Crippen molar-refractivity contribution in [1.82, 2.24) is 15.6 Å². The molecule has 0 aliphatic carbocycles. The Morgan fingerprint density at radius 2 is 1.64 bits per heavy atom. The smallest absolute Gasteiger partial charge is 0.269 e. The van der Waals surface area contributed by atoms with Crippen LogP contribution in [0, 0.1) is 0 Å². The highest BCUT2D eigenvalue weighted by Gasteiger charge is 2.12. The van der Waals surface area contributed by atoms with Crippen molar-refractivity contribution in [2.75, 3.05) is 6.54 Å². The van der Waals surface area contributed by atoms with Crippen LogP contribution < -0.4 is 10.6 Å². The molecule has 0 radical (unpaired) electrons. The molecule has 2 aromatic carbocycles. The third-order valence-electron chi connectivity index (χ3n) is 4.19. The Bertz CT molecular complexity index is 961. The zero-order valence-corrected chi connectivity index (χ0v) is 15.9. The maximum Gasteiger partial charge on any atom is 0.269 e. The van der Waals surface area contributed by atoms with E-state index < -0.39 is 0 Å². The third kappa shape index (κ3) is 5.41. The lowest BCUT2D eigenvalue weighted by Crippen LogP contribution is -2.28. The van der Waals surface area contributed by atoms with Gasteiger partial charge >= 0.3 is 0 Å². The van der Waals surface area contributed by atoms with Crippen molar-refractivity contribution in [2.45, 2.75) is 13.0 Å². The van der Waals surface area contributed by atoms with E-state index in [9.17, 15) is 9.59 Å². The van der Waals surface area contributed by atoms with Crippen LogP contribution in [0.15, 0.2) is 72.9 Å². The van der Waals surface area contributed by atoms with Crippen LogP contribution in [-0.2, 0) is 13.0 Å². The molecule has 1 heterocycles. The minimum absolute atomic E-state index is 0.207. The van der Waals surface area contributed by atoms with Gasteiger partial charge in [0.1, 0.15) is 5.69 Å². The first-order valence-corrected chi connectivity index (χ1v) is 9.31. The van der Waals surface area contributed by atoms with E-state index in [1.54, 1.807) is 12.1 Å². The first-order valence-electron chi connectivity index (χ1n) is 8.93. The maximum absolute atomic E-state index is 12.4. The lowest BCUT2D eigenvalue weighted by atomic mass is 10.1. The molecule has 0 saturated heterocycles. The summed E-state index contributed by atoms with van der Waals surface area (Å²) in [5.74, 6) is -0.600. The summed E-state index contributed by atoms with van der Waals surface area (Å²) in [7, 11) is 0. The molecule has 6 heteroatoms. The van der Waals surface area contributed by atoms with Crippen molar-refractivity contribution < 1.29 is 9.59 Å². The minimum Gasteiger partial charge on any atom is -0.350 e. The van der Waals surface area contributed by atoms with Gasteiger partial charge in [0.15, 0.2) is 0 Å². The van der Waals surface area contributed by atoms with Gasteiger partial charge in [-0.1, -0.05) is 60.1 Å². The van der Waals surface area contributed by atoms with Crippen molar-refractivity contribution in [2.24, 2.45) is 0 Å². The molecule has 0 unspecified atom stereocenters. The first kappa shape index (κ1) is 19.6. The Morgan fingerprint density at radius 3 is 2.43 bits per heavy atom. The number of halogens is 1. The van der Waals surface area contributed by atoms with Crippen molar-refractivity contribution in [3.63, 3.8) is 0 Å². The Kier molecular flexibility index (Phi) is 6.76. The molecule has 0 aliphatic heterocycles. The van der Waals surface area contributed by atoms with E-state index in [2.05, 4.69) is 15.6 Å². The number of hydrogen-bond acceptors (Lipinski definition) is 3. The molecule has 0 bridgehead atoms. The molecular formula is C22H20ClN3O2. The van der Waals surface area contributed by atoms with Crippen LogP contribution in [0.4, 0.5) is 0 Å². The number of aromatic nitrogens is 1. The molecule has 3 aromatic rings. The molecule has 142 valence electrons. The highest BCUT2D eigenvalue weighted by atomic mass is 35.5. The fraction of sp³-hybridized carbons (Fsp3) is 0.136. The van der Waals surface area contributed by atoms with E-state index in [-0.39, 0.29) is 17.5 Å². The van der Waals surface area contributed by atoms with E-state index in [0.717, 1.165) is 17.5 Å². The number of amides is 2. The van der Waals surface area contributed by atoms with Crippen LogP contribution in [0.1, 0.15) is 32.0 Å². The van der Waals surface area contributed by atoms with Gasteiger partial charge in [0.2, 0.25) is 0 Å². The fourth-order valence-corrected chi connectivity index (χ4v) is 2.87. The van der Waals surface area contributed by atoms with Gasteiger partial charge < -0.3 is 10.6 Å². The van der Waals surface area contributed by atoms with Crippen molar-refractivity contribution in [3.05, 3.63) is 100 Å². The number of pyridine rings is 1. The topological polar surface area (TPSA) is 71.1 Å². The van der Waals surface area contributed by atoms with Crippen LogP contribution in [0.25, 0.3) is 0 Å². The van der Waals surface area contributed by atoms with Gasteiger partial charge in [0, 0.05) is 29.9 Å². The molecule has 0 aliphatic rings. The standard InChI is InChI=1S/C22H20ClN3O2/c23-19-9-5-4-8-18(19)15-26-21(27)17-11-13-24-20(14-17)22(28)25-12-10-16-6-2-1-3-7-16/h1-9,11,13-14H,10,12,15H2,(H,25,28)(H,26,27). The van der Waals surface area contributed by atoms with Crippen LogP contribution in [0.3, 0.4) is 0 Å². The largest absolute Gasteiger partial charge is 0.350 e. The minimum atomic E-state index is -0.309. The first-order chi connectivity index (χ1) is 13.6. The lowest BCUT2D eigenvalue weighted by molar-refractivity contribution is 0.0949. The monoisotopic (exact) mass is 393 g/mol. The van der Waals surface area contributed by atoms with Crippen molar-refractivity contribution in [1.29, 1.82) is 0 Å². The average Bonchev–Trinajstić information content (AvgIpc) is 2.74. The van der Waals surface area contributed by atoms with Crippen LogP contribution in [0.5, 0.6) is 0 Å². The molecule has 0 spiro atoms. The SMILES string of the molecule is O=C(NCc1ccccc1Cl)c1ccnc(C(=O)NCCc2ccccc2)c1. The van der Waals surface area contributed by atoms with Gasteiger partial charge in [0.25, 0.3) is 11.8 Å². The Morgan fingerprint density at radius 1 is 0.893 bits per heavy atom. The molecule has 1 aromatic heterocycles. The molecule has 2 N–H and O–H groups in total. The molecule has 0 atom stereocenters. The molecule has 0 fully saturated rings. The Labute approximate surface area is 168 Å². The fourth-order valence-electron chi connectivity index (χ4n) is 2.67. The molecule has 0 saturated carbocycles. The number of benzene rings is 2. The number of nitrogens with zero attached hydrogens (tertiary/aromatic N) is 1. The van der Waals surface area contributed by atoms with E-state index in [4.69, 9.17) is 11.6 Å². The van der Waals surface area contributed by atoms with Gasteiger partial charge in [-0.25, -0.2) is 0 Å². The maximum atomic E-state index is 12.4. The second-order valence-electron chi connectivity index (χ2n) is 6.20. The number of rotatable bonds is 7. The highest BCUT2D eigenvalue weighted by Crippen LogP contribution is 2.14. The van der Waals surface area contributed by atoms with E-state index >= 15 is 0 Å². The average molecular weight is 394 g/mol. The second-order valence-corrected chi connectivity index (χ2v) is 6.60. The highest BCUT2D eigenvalue weighted by molar-refractivity contribution is 6.31. The van der Waals surface area contributed by atoms with Crippen LogP contribution in [0.2, 0.25) is 5.02 Å². The number of carbonyl (C=O) groups excluding carboxylic acids is 2. The van der Waals surface area contributed by atoms with Gasteiger partial charge in [0.05, 0.1) is 0 Å².